The second-order valence-electron chi connectivity index (χ2n) is 5.14. The molecule has 0 aliphatic carbocycles. The second kappa shape index (κ2) is 4.96. The van der Waals surface area contributed by atoms with Gasteiger partial charge in [0.05, 0.1) is 12.2 Å². The molecular weight excluding hydrogens is 250 g/mol. The number of carbonyl (C=O) groups is 1. The highest BCUT2D eigenvalue weighted by molar-refractivity contribution is 5.96. The number of aryl methyl sites for hydroxylation is 2. The van der Waals surface area contributed by atoms with Crippen molar-refractivity contribution in [2.45, 2.75) is 26.3 Å². The van der Waals surface area contributed by atoms with Crippen LogP contribution in [-0.4, -0.2) is 10.9 Å². The van der Waals surface area contributed by atoms with E-state index in [2.05, 4.69) is 4.98 Å². The van der Waals surface area contributed by atoms with Crippen LogP contribution in [0.1, 0.15) is 23.4 Å². The third kappa shape index (κ3) is 2.37. The van der Waals surface area contributed by atoms with Crippen LogP contribution in [0.5, 0.6) is 0 Å². The predicted octanol–water partition coefficient (Wildman–Crippen LogP) is 2.45. The molecule has 0 saturated carbocycles. The number of anilines is 2. The molecule has 2 heterocycles. The molecule has 0 radical (unpaired) electrons. The summed E-state index contributed by atoms with van der Waals surface area (Å²) in [5.41, 5.74) is 10.5. The molecule has 0 fully saturated rings. The zero-order valence-electron chi connectivity index (χ0n) is 11.5. The highest BCUT2D eigenvalue weighted by atomic mass is 16.2. The Bertz CT molecular complexity index is 667. The first-order chi connectivity index (χ1) is 9.63. The van der Waals surface area contributed by atoms with E-state index in [0.29, 0.717) is 13.0 Å². The molecule has 1 aliphatic rings. The average Bonchev–Trinajstić information content (AvgIpc) is 2.42. The number of nitrogens with zero attached hydrogens (tertiary/aromatic N) is 2. The third-order valence-corrected chi connectivity index (χ3v) is 3.57. The molecule has 1 amide bonds. The van der Waals surface area contributed by atoms with Crippen molar-refractivity contribution >= 4 is 17.3 Å². The van der Waals surface area contributed by atoms with Gasteiger partial charge in [-0.15, -0.1) is 0 Å². The lowest BCUT2D eigenvalue weighted by molar-refractivity contribution is -0.119. The van der Waals surface area contributed by atoms with Crippen LogP contribution in [0, 0.1) is 6.92 Å². The van der Waals surface area contributed by atoms with Crippen molar-refractivity contribution in [1.82, 2.24) is 4.98 Å². The molecular formula is C16H17N3O. The van der Waals surface area contributed by atoms with Gasteiger partial charge in [-0.1, -0.05) is 6.07 Å². The van der Waals surface area contributed by atoms with Gasteiger partial charge >= 0.3 is 0 Å². The summed E-state index contributed by atoms with van der Waals surface area (Å²) >= 11 is 0. The van der Waals surface area contributed by atoms with Crippen molar-refractivity contribution < 1.29 is 4.79 Å². The molecule has 4 heteroatoms. The lowest BCUT2D eigenvalue weighted by atomic mass is 10.00. The summed E-state index contributed by atoms with van der Waals surface area (Å²) in [6.07, 6.45) is 1.29. The van der Waals surface area contributed by atoms with Crippen LogP contribution in [0.2, 0.25) is 0 Å². The summed E-state index contributed by atoms with van der Waals surface area (Å²) in [4.78, 5) is 18.5. The minimum absolute atomic E-state index is 0.144. The smallest absolute Gasteiger partial charge is 0.227 e. The highest BCUT2D eigenvalue weighted by Gasteiger charge is 2.24. The van der Waals surface area contributed by atoms with Crippen molar-refractivity contribution in [2.24, 2.45) is 0 Å². The topological polar surface area (TPSA) is 59.2 Å². The van der Waals surface area contributed by atoms with Gasteiger partial charge in [0.15, 0.2) is 0 Å². The van der Waals surface area contributed by atoms with Crippen molar-refractivity contribution in [3.63, 3.8) is 0 Å². The molecule has 0 atom stereocenters. The zero-order chi connectivity index (χ0) is 14.1. The fourth-order valence-corrected chi connectivity index (χ4v) is 2.60. The van der Waals surface area contributed by atoms with Crippen molar-refractivity contribution in [1.29, 1.82) is 0 Å². The molecule has 1 aromatic carbocycles. The monoisotopic (exact) mass is 267 g/mol. The maximum absolute atomic E-state index is 12.2. The van der Waals surface area contributed by atoms with Crippen molar-refractivity contribution in [3.8, 4) is 0 Å². The minimum Gasteiger partial charge on any atom is -0.399 e. The predicted molar refractivity (Wildman–Crippen MR) is 79.3 cm³/mol. The van der Waals surface area contributed by atoms with Gasteiger partial charge in [-0.25, -0.2) is 0 Å². The van der Waals surface area contributed by atoms with E-state index in [-0.39, 0.29) is 5.91 Å². The standard InChI is InChI=1S/C16H17N3O/c1-11-3-2-4-14(18-11)10-19-15-7-6-13(17)9-12(15)5-8-16(19)20/h2-4,6-7,9H,5,8,10,17H2,1H3. The van der Waals surface area contributed by atoms with Crippen molar-refractivity contribution in [2.75, 3.05) is 10.6 Å². The van der Waals surface area contributed by atoms with E-state index in [1.165, 1.54) is 0 Å². The van der Waals surface area contributed by atoms with Crippen LogP contribution in [0.25, 0.3) is 0 Å². The Kier molecular flexibility index (Phi) is 3.14. The number of fused-ring (bicyclic) bond motifs is 1. The van der Waals surface area contributed by atoms with E-state index in [1.807, 2.05) is 43.3 Å². The molecule has 2 aromatic rings. The van der Waals surface area contributed by atoms with Crippen molar-refractivity contribution in [3.05, 3.63) is 53.3 Å². The molecule has 0 saturated heterocycles. The normalized spacial score (nSPS) is 14.2. The molecule has 0 bridgehead atoms. The number of carbonyl (C=O) groups excluding carboxylic acids is 1. The number of rotatable bonds is 2. The maximum atomic E-state index is 12.2. The van der Waals surface area contributed by atoms with Gasteiger partial charge < -0.3 is 10.6 Å². The van der Waals surface area contributed by atoms with Crippen LogP contribution in [0.15, 0.2) is 36.4 Å². The number of benzene rings is 1. The maximum Gasteiger partial charge on any atom is 0.227 e. The second-order valence-corrected chi connectivity index (χ2v) is 5.14. The van der Waals surface area contributed by atoms with E-state index >= 15 is 0 Å². The minimum atomic E-state index is 0.144. The molecule has 0 unspecified atom stereocenters. The van der Waals surface area contributed by atoms with E-state index < -0.39 is 0 Å². The first-order valence-electron chi connectivity index (χ1n) is 6.75. The van der Waals surface area contributed by atoms with E-state index in [4.69, 9.17) is 5.73 Å². The molecule has 3 rings (SSSR count). The van der Waals surface area contributed by atoms with Crippen LogP contribution >= 0.6 is 0 Å². The fourth-order valence-electron chi connectivity index (χ4n) is 2.60. The Morgan fingerprint density at radius 3 is 2.90 bits per heavy atom. The average molecular weight is 267 g/mol. The van der Waals surface area contributed by atoms with Gasteiger partial charge in [-0.05, 0) is 49.2 Å². The summed E-state index contributed by atoms with van der Waals surface area (Å²) in [6, 6.07) is 11.6. The number of nitrogen functional groups attached to an aromatic ring is 1. The Labute approximate surface area is 118 Å². The molecule has 20 heavy (non-hydrogen) atoms. The molecule has 4 nitrogen and oxygen atoms in total. The van der Waals surface area contributed by atoms with Crippen LogP contribution < -0.4 is 10.6 Å². The third-order valence-electron chi connectivity index (χ3n) is 3.57. The number of pyridine rings is 1. The molecule has 1 aliphatic heterocycles. The SMILES string of the molecule is Cc1cccc(CN2C(=O)CCc3cc(N)ccc32)n1. The van der Waals surface area contributed by atoms with Gasteiger partial charge in [0.1, 0.15) is 0 Å². The molecule has 2 N–H and O–H groups in total. The van der Waals surface area contributed by atoms with Gasteiger partial charge in [-0.3, -0.25) is 9.78 Å². The Balaban J connectivity index is 1.95. The zero-order valence-corrected chi connectivity index (χ0v) is 11.5. The number of amides is 1. The lowest BCUT2D eigenvalue weighted by Crippen LogP contribution is -2.34. The van der Waals surface area contributed by atoms with Crippen LogP contribution in [-0.2, 0) is 17.8 Å². The van der Waals surface area contributed by atoms with E-state index in [9.17, 15) is 4.79 Å². The lowest BCUT2D eigenvalue weighted by Gasteiger charge is -2.29. The summed E-state index contributed by atoms with van der Waals surface area (Å²) in [7, 11) is 0. The fraction of sp³-hybridized carbons (Fsp3) is 0.250. The Morgan fingerprint density at radius 1 is 1.25 bits per heavy atom. The quantitative estimate of drug-likeness (QED) is 0.850. The molecule has 1 aromatic heterocycles. The number of aromatic nitrogens is 1. The summed E-state index contributed by atoms with van der Waals surface area (Å²) in [5, 5.41) is 0. The summed E-state index contributed by atoms with van der Waals surface area (Å²) in [5.74, 6) is 0.144. The Morgan fingerprint density at radius 2 is 2.10 bits per heavy atom. The van der Waals surface area contributed by atoms with Gasteiger partial charge in [-0.2, -0.15) is 0 Å². The van der Waals surface area contributed by atoms with Gasteiger partial charge in [0, 0.05) is 23.5 Å². The Hall–Kier alpha value is -2.36. The number of hydrogen-bond acceptors (Lipinski definition) is 3. The van der Waals surface area contributed by atoms with Gasteiger partial charge in [0.2, 0.25) is 5.91 Å². The van der Waals surface area contributed by atoms with E-state index in [0.717, 1.165) is 34.7 Å². The number of nitrogens with two attached hydrogens (primary N) is 1. The van der Waals surface area contributed by atoms with Crippen LogP contribution in [0.4, 0.5) is 11.4 Å². The van der Waals surface area contributed by atoms with Crippen LogP contribution in [0.3, 0.4) is 0 Å². The largest absolute Gasteiger partial charge is 0.399 e. The first kappa shape index (κ1) is 12.7. The van der Waals surface area contributed by atoms with Gasteiger partial charge in [0.25, 0.3) is 0 Å². The highest BCUT2D eigenvalue weighted by Crippen LogP contribution is 2.30. The summed E-state index contributed by atoms with van der Waals surface area (Å²) in [6.45, 7) is 2.47. The first-order valence-corrected chi connectivity index (χ1v) is 6.75. The number of hydrogen-bond donors (Lipinski definition) is 1. The molecule has 0 spiro atoms. The molecule has 102 valence electrons. The van der Waals surface area contributed by atoms with E-state index in [1.54, 1.807) is 4.90 Å². The summed E-state index contributed by atoms with van der Waals surface area (Å²) < 4.78 is 0.